The van der Waals surface area contributed by atoms with Gasteiger partial charge in [-0.2, -0.15) is 0 Å². The van der Waals surface area contributed by atoms with E-state index >= 15 is 0 Å². The van der Waals surface area contributed by atoms with E-state index in [0.29, 0.717) is 23.1 Å². The number of amides is 2. The summed E-state index contributed by atoms with van der Waals surface area (Å²) in [5.41, 5.74) is 2.32. The molecule has 34 heavy (non-hydrogen) atoms. The predicted molar refractivity (Wildman–Crippen MR) is 140 cm³/mol. The number of para-hydroxylation sites is 1. The molecule has 0 saturated heterocycles. The highest BCUT2D eigenvalue weighted by atomic mass is 79.9. The number of unbranched alkanes of at least 4 members (excludes halogenated alkanes) is 1. The van der Waals surface area contributed by atoms with Crippen LogP contribution < -0.4 is 9.62 Å². The molecule has 7 nitrogen and oxygen atoms in total. The minimum Gasteiger partial charge on any atom is -0.354 e. The highest BCUT2D eigenvalue weighted by molar-refractivity contribution is 9.10. The van der Waals surface area contributed by atoms with Gasteiger partial charge >= 0.3 is 0 Å². The molecular formula is C25H34BrN3O4S. The van der Waals surface area contributed by atoms with Gasteiger partial charge in [0.15, 0.2) is 0 Å². The van der Waals surface area contributed by atoms with E-state index in [9.17, 15) is 18.0 Å². The van der Waals surface area contributed by atoms with Crippen LogP contribution >= 0.6 is 15.9 Å². The van der Waals surface area contributed by atoms with Crippen molar-refractivity contribution in [1.82, 2.24) is 10.2 Å². The van der Waals surface area contributed by atoms with Crippen LogP contribution in [0.4, 0.5) is 5.69 Å². The molecular weight excluding hydrogens is 518 g/mol. The van der Waals surface area contributed by atoms with Gasteiger partial charge in [-0.3, -0.25) is 13.9 Å². The summed E-state index contributed by atoms with van der Waals surface area (Å²) in [5.74, 6) is -0.678. The third-order valence-electron chi connectivity index (χ3n) is 5.49. The van der Waals surface area contributed by atoms with Crippen LogP contribution in [0, 0.1) is 6.92 Å². The van der Waals surface area contributed by atoms with Gasteiger partial charge in [0.1, 0.15) is 12.6 Å². The van der Waals surface area contributed by atoms with E-state index in [-0.39, 0.29) is 12.5 Å². The van der Waals surface area contributed by atoms with Crippen LogP contribution in [0.25, 0.3) is 0 Å². The number of halogens is 1. The van der Waals surface area contributed by atoms with E-state index in [2.05, 4.69) is 21.2 Å². The Morgan fingerprint density at radius 2 is 1.71 bits per heavy atom. The lowest BCUT2D eigenvalue weighted by Crippen LogP contribution is -2.52. The first kappa shape index (κ1) is 27.9. The lowest BCUT2D eigenvalue weighted by molar-refractivity contribution is -0.140. The molecule has 1 N–H and O–H groups in total. The van der Waals surface area contributed by atoms with Crippen molar-refractivity contribution in [3.63, 3.8) is 0 Å². The zero-order valence-corrected chi connectivity index (χ0v) is 22.7. The number of benzene rings is 2. The molecule has 1 atom stereocenters. The molecule has 2 aromatic rings. The molecule has 0 saturated carbocycles. The summed E-state index contributed by atoms with van der Waals surface area (Å²) in [4.78, 5) is 28.1. The lowest BCUT2D eigenvalue weighted by atomic mass is 10.1. The van der Waals surface area contributed by atoms with Crippen molar-refractivity contribution in [2.75, 3.05) is 23.7 Å². The van der Waals surface area contributed by atoms with Crippen molar-refractivity contribution < 1.29 is 18.0 Å². The second-order valence-electron chi connectivity index (χ2n) is 8.30. The second-order valence-corrected chi connectivity index (χ2v) is 11.1. The number of rotatable bonds is 12. The average Bonchev–Trinajstić information content (AvgIpc) is 2.78. The summed E-state index contributed by atoms with van der Waals surface area (Å²) >= 11 is 3.38. The van der Waals surface area contributed by atoms with E-state index < -0.39 is 28.5 Å². The Balaban J connectivity index is 2.40. The molecule has 0 heterocycles. The number of aryl methyl sites for hydroxylation is 1. The number of nitrogens with zero attached hydrogens (tertiary/aromatic N) is 2. The number of carbonyl (C=O) groups excluding carboxylic acids is 2. The average molecular weight is 553 g/mol. The van der Waals surface area contributed by atoms with Crippen molar-refractivity contribution in [2.45, 2.75) is 52.6 Å². The lowest BCUT2D eigenvalue weighted by Gasteiger charge is -2.33. The molecule has 2 amide bonds. The van der Waals surface area contributed by atoms with Gasteiger partial charge in [-0.25, -0.2) is 8.42 Å². The normalized spacial score (nSPS) is 12.1. The number of carbonyl (C=O) groups is 2. The summed E-state index contributed by atoms with van der Waals surface area (Å²) in [7, 11) is -3.76. The smallest absolute Gasteiger partial charge is 0.244 e. The largest absolute Gasteiger partial charge is 0.354 e. The second kappa shape index (κ2) is 12.9. The first-order valence-electron chi connectivity index (χ1n) is 11.4. The first-order valence-corrected chi connectivity index (χ1v) is 14.1. The Hall–Kier alpha value is -2.39. The molecule has 186 valence electrons. The van der Waals surface area contributed by atoms with Gasteiger partial charge in [-0.1, -0.05) is 62.2 Å². The number of hydrogen-bond acceptors (Lipinski definition) is 4. The third-order valence-corrected chi connectivity index (χ3v) is 7.29. The summed E-state index contributed by atoms with van der Waals surface area (Å²) in [6.45, 7) is 6.19. The highest BCUT2D eigenvalue weighted by Gasteiger charge is 2.32. The van der Waals surface area contributed by atoms with E-state index in [1.165, 1.54) is 4.90 Å². The zero-order valence-electron chi connectivity index (χ0n) is 20.3. The Bertz CT molecular complexity index is 1070. The fourth-order valence-corrected chi connectivity index (χ4v) is 5.04. The monoisotopic (exact) mass is 551 g/mol. The molecule has 2 aromatic carbocycles. The van der Waals surface area contributed by atoms with Crippen LogP contribution in [0.15, 0.2) is 53.0 Å². The van der Waals surface area contributed by atoms with E-state index in [0.717, 1.165) is 34.5 Å². The summed E-state index contributed by atoms with van der Waals surface area (Å²) in [6, 6.07) is 13.9. The molecule has 0 aliphatic heterocycles. The van der Waals surface area contributed by atoms with Gasteiger partial charge < -0.3 is 10.2 Å². The summed E-state index contributed by atoms with van der Waals surface area (Å²) in [5, 5.41) is 2.92. The SMILES string of the molecule is CCCCNC(=O)C(CC)N(Cc1ccc(C)cc1)C(=O)CN(c1ccccc1Br)S(C)(=O)=O. The van der Waals surface area contributed by atoms with Gasteiger partial charge in [-0.05, 0) is 53.4 Å². The zero-order chi connectivity index (χ0) is 25.3. The molecule has 0 aliphatic rings. The number of sulfonamides is 1. The topological polar surface area (TPSA) is 86.8 Å². The first-order chi connectivity index (χ1) is 16.1. The summed E-state index contributed by atoms with van der Waals surface area (Å²) < 4.78 is 26.9. The maximum absolute atomic E-state index is 13.6. The minimum absolute atomic E-state index is 0.201. The standard InChI is InChI=1S/C25H34BrN3O4S/c1-5-7-16-27-25(31)22(6-2)28(17-20-14-12-19(3)13-15-20)24(30)18-29(34(4,32)33)23-11-9-8-10-21(23)26/h8-15,22H,5-7,16-18H2,1-4H3,(H,27,31). The quantitative estimate of drug-likeness (QED) is 0.399. The summed E-state index contributed by atoms with van der Waals surface area (Å²) in [6.07, 6.45) is 3.26. The Morgan fingerprint density at radius 3 is 2.26 bits per heavy atom. The van der Waals surface area contributed by atoms with Crippen molar-refractivity contribution >= 4 is 43.5 Å². The Morgan fingerprint density at radius 1 is 1.06 bits per heavy atom. The van der Waals surface area contributed by atoms with Crippen molar-refractivity contribution in [1.29, 1.82) is 0 Å². The van der Waals surface area contributed by atoms with Gasteiger partial charge in [0.2, 0.25) is 21.8 Å². The maximum Gasteiger partial charge on any atom is 0.244 e. The number of nitrogens with one attached hydrogen (secondary N) is 1. The van der Waals surface area contributed by atoms with Crippen LogP contribution in [0.2, 0.25) is 0 Å². The van der Waals surface area contributed by atoms with Crippen molar-refractivity contribution in [3.8, 4) is 0 Å². The van der Waals surface area contributed by atoms with E-state index in [4.69, 9.17) is 0 Å². The maximum atomic E-state index is 13.6. The Labute approximate surface area is 211 Å². The minimum atomic E-state index is -3.76. The molecule has 0 radical (unpaired) electrons. The number of anilines is 1. The molecule has 0 aliphatic carbocycles. The van der Waals surface area contributed by atoms with E-state index in [1.54, 1.807) is 24.3 Å². The van der Waals surface area contributed by atoms with Crippen molar-refractivity contribution in [2.24, 2.45) is 0 Å². The van der Waals surface area contributed by atoms with Gasteiger partial charge in [0.25, 0.3) is 0 Å². The van der Waals surface area contributed by atoms with Crippen LogP contribution in [-0.2, 0) is 26.2 Å². The van der Waals surface area contributed by atoms with E-state index in [1.807, 2.05) is 45.0 Å². The van der Waals surface area contributed by atoms with Gasteiger partial charge in [0, 0.05) is 17.6 Å². The fraction of sp³-hybridized carbons (Fsp3) is 0.440. The Kier molecular flexibility index (Phi) is 10.6. The molecule has 2 rings (SSSR count). The molecule has 1 unspecified atom stereocenters. The van der Waals surface area contributed by atoms with Crippen LogP contribution in [0.1, 0.15) is 44.2 Å². The highest BCUT2D eigenvalue weighted by Crippen LogP contribution is 2.28. The van der Waals surface area contributed by atoms with Gasteiger partial charge in [-0.15, -0.1) is 0 Å². The predicted octanol–water partition coefficient (Wildman–Crippen LogP) is 4.25. The van der Waals surface area contributed by atoms with Gasteiger partial charge in [0.05, 0.1) is 11.9 Å². The molecule has 0 fully saturated rings. The van der Waals surface area contributed by atoms with Crippen molar-refractivity contribution in [3.05, 3.63) is 64.1 Å². The third kappa shape index (κ3) is 7.84. The number of hydrogen-bond donors (Lipinski definition) is 1. The molecule has 0 spiro atoms. The molecule has 9 heteroatoms. The molecule has 0 bridgehead atoms. The van der Waals surface area contributed by atoms with Crippen LogP contribution in [0.5, 0.6) is 0 Å². The van der Waals surface area contributed by atoms with Crippen LogP contribution in [-0.4, -0.2) is 50.5 Å². The van der Waals surface area contributed by atoms with Crippen LogP contribution in [0.3, 0.4) is 0 Å². The molecule has 0 aromatic heterocycles. The fourth-order valence-electron chi connectivity index (χ4n) is 3.56.